The maximum atomic E-state index is 10.1. The Labute approximate surface area is 130 Å². The molecule has 1 unspecified atom stereocenters. The minimum Gasteiger partial charge on any atom is -0.496 e. The summed E-state index contributed by atoms with van der Waals surface area (Å²) in [7, 11) is 1.69. The predicted octanol–water partition coefficient (Wildman–Crippen LogP) is 2.47. The van der Waals surface area contributed by atoms with Crippen molar-refractivity contribution < 1.29 is 14.6 Å². The fraction of sp³-hybridized carbons (Fsp3) is 0.625. The van der Waals surface area contributed by atoms with Crippen molar-refractivity contribution in [2.24, 2.45) is 0 Å². The van der Waals surface area contributed by atoms with E-state index in [1.807, 2.05) is 12.1 Å². The van der Waals surface area contributed by atoms with Crippen molar-refractivity contribution in [1.29, 1.82) is 0 Å². The summed E-state index contributed by atoms with van der Waals surface area (Å²) in [5.41, 5.74) is 2.32. The number of ether oxygens (including phenoxy) is 2. The van der Waals surface area contributed by atoms with Crippen LogP contribution in [0.1, 0.15) is 36.4 Å². The highest BCUT2D eigenvalue weighted by molar-refractivity contribution is 6.31. The molecule has 1 heterocycles. The van der Waals surface area contributed by atoms with Gasteiger partial charge in [-0.15, -0.1) is 0 Å². The fourth-order valence-corrected chi connectivity index (χ4v) is 3.69. The lowest BCUT2D eigenvalue weighted by Crippen LogP contribution is -2.48. The first-order chi connectivity index (χ1) is 10.2. The van der Waals surface area contributed by atoms with Crippen LogP contribution in [0, 0.1) is 0 Å². The van der Waals surface area contributed by atoms with E-state index in [0.29, 0.717) is 19.6 Å². The zero-order valence-electron chi connectivity index (χ0n) is 12.3. The van der Waals surface area contributed by atoms with Crippen molar-refractivity contribution in [2.75, 3.05) is 20.3 Å². The Morgan fingerprint density at radius 2 is 2.24 bits per heavy atom. The number of halogens is 1. The Morgan fingerprint density at radius 1 is 1.38 bits per heavy atom. The number of aliphatic hydroxyl groups is 1. The normalized spacial score (nSPS) is 29.0. The molecule has 5 heteroatoms. The highest BCUT2D eigenvalue weighted by Gasteiger charge is 2.31. The minimum atomic E-state index is -0.353. The van der Waals surface area contributed by atoms with Gasteiger partial charge >= 0.3 is 0 Å². The van der Waals surface area contributed by atoms with Crippen LogP contribution in [0.5, 0.6) is 5.75 Å². The highest BCUT2D eigenvalue weighted by atomic mass is 35.5. The predicted molar refractivity (Wildman–Crippen MR) is 82.0 cm³/mol. The first-order valence-corrected chi connectivity index (χ1v) is 7.95. The van der Waals surface area contributed by atoms with Gasteiger partial charge in [0.1, 0.15) is 5.75 Å². The third kappa shape index (κ3) is 3.04. The lowest BCUT2D eigenvalue weighted by molar-refractivity contribution is -0.0197. The molecular weight excluding hydrogens is 290 g/mol. The van der Waals surface area contributed by atoms with Gasteiger partial charge in [-0.1, -0.05) is 11.6 Å². The van der Waals surface area contributed by atoms with Gasteiger partial charge in [0.05, 0.1) is 25.9 Å². The standard InChI is InChI=1S/C16H22ClNO3/c1-20-15-6-5-11(17)16-10(15)3-2-4-12(16)18-13-9-21-8-7-14(13)19/h5-6,12-14,18-19H,2-4,7-9H2,1H3/t12?,13-,14-/m1/s1. The van der Waals surface area contributed by atoms with Gasteiger partial charge in [0.2, 0.25) is 0 Å². The fourth-order valence-electron chi connectivity index (χ4n) is 3.38. The number of aliphatic hydroxyl groups excluding tert-OH is 1. The molecule has 0 bridgehead atoms. The minimum absolute atomic E-state index is 0.0306. The van der Waals surface area contributed by atoms with Gasteiger partial charge in [0.15, 0.2) is 0 Å². The Morgan fingerprint density at radius 3 is 3.00 bits per heavy atom. The number of methoxy groups -OCH3 is 1. The second-order valence-corrected chi connectivity index (χ2v) is 6.20. The molecule has 1 aliphatic carbocycles. The first kappa shape index (κ1) is 15.1. The van der Waals surface area contributed by atoms with Crippen molar-refractivity contribution in [1.82, 2.24) is 5.32 Å². The lowest BCUT2D eigenvalue weighted by Gasteiger charge is -2.35. The van der Waals surface area contributed by atoms with Crippen molar-refractivity contribution >= 4 is 11.6 Å². The van der Waals surface area contributed by atoms with Gasteiger partial charge in [0, 0.05) is 23.2 Å². The summed E-state index contributed by atoms with van der Waals surface area (Å²) in [5, 5.41) is 14.4. The van der Waals surface area contributed by atoms with Gasteiger partial charge < -0.3 is 19.9 Å². The van der Waals surface area contributed by atoms with Gasteiger partial charge in [0.25, 0.3) is 0 Å². The average molecular weight is 312 g/mol. The summed E-state index contributed by atoms with van der Waals surface area (Å²) < 4.78 is 10.9. The van der Waals surface area contributed by atoms with E-state index in [2.05, 4.69) is 5.32 Å². The summed E-state index contributed by atoms with van der Waals surface area (Å²) in [6.07, 6.45) is 3.42. The Hall–Kier alpha value is -0.810. The van der Waals surface area contributed by atoms with Crippen molar-refractivity contribution in [3.63, 3.8) is 0 Å². The quantitative estimate of drug-likeness (QED) is 0.900. The van der Waals surface area contributed by atoms with E-state index in [1.165, 1.54) is 5.56 Å². The third-order valence-corrected chi connectivity index (χ3v) is 4.81. The van der Waals surface area contributed by atoms with Crippen LogP contribution < -0.4 is 10.1 Å². The molecule has 1 aliphatic heterocycles. The topological polar surface area (TPSA) is 50.7 Å². The molecule has 4 nitrogen and oxygen atoms in total. The first-order valence-electron chi connectivity index (χ1n) is 7.58. The van der Waals surface area contributed by atoms with Crippen LogP contribution >= 0.6 is 11.6 Å². The van der Waals surface area contributed by atoms with E-state index in [-0.39, 0.29) is 18.2 Å². The smallest absolute Gasteiger partial charge is 0.122 e. The molecule has 3 atom stereocenters. The van der Waals surface area contributed by atoms with Gasteiger partial charge in [-0.2, -0.15) is 0 Å². The Bertz CT molecular complexity index is 509. The largest absolute Gasteiger partial charge is 0.496 e. The Kier molecular flexibility index (Phi) is 4.69. The van der Waals surface area contributed by atoms with Gasteiger partial charge in [-0.25, -0.2) is 0 Å². The number of rotatable bonds is 3. The van der Waals surface area contributed by atoms with Crippen LogP contribution in [-0.4, -0.2) is 37.6 Å². The van der Waals surface area contributed by atoms with E-state index < -0.39 is 0 Å². The van der Waals surface area contributed by atoms with Crippen LogP contribution in [0.2, 0.25) is 5.02 Å². The van der Waals surface area contributed by atoms with Crippen molar-refractivity contribution in [3.05, 3.63) is 28.3 Å². The second-order valence-electron chi connectivity index (χ2n) is 5.79. The molecule has 2 N–H and O–H groups in total. The highest BCUT2D eigenvalue weighted by Crippen LogP contribution is 2.40. The molecule has 0 spiro atoms. The number of hydrogen-bond donors (Lipinski definition) is 2. The second kappa shape index (κ2) is 6.53. The molecule has 1 saturated heterocycles. The summed E-state index contributed by atoms with van der Waals surface area (Å²) in [6, 6.07) is 3.95. The molecule has 21 heavy (non-hydrogen) atoms. The zero-order chi connectivity index (χ0) is 14.8. The molecule has 0 saturated carbocycles. The molecule has 0 radical (unpaired) electrons. The lowest BCUT2D eigenvalue weighted by atomic mass is 9.86. The summed E-state index contributed by atoms with van der Waals surface area (Å²) in [5.74, 6) is 0.904. The maximum absolute atomic E-state index is 10.1. The molecule has 1 aromatic rings. The molecule has 1 aromatic carbocycles. The molecule has 116 valence electrons. The van der Waals surface area contributed by atoms with E-state index in [9.17, 15) is 5.11 Å². The summed E-state index contributed by atoms with van der Waals surface area (Å²) >= 11 is 6.43. The van der Waals surface area contributed by atoms with E-state index >= 15 is 0 Å². The van der Waals surface area contributed by atoms with Crippen LogP contribution in [-0.2, 0) is 11.2 Å². The number of fused-ring (bicyclic) bond motifs is 1. The molecular formula is C16H22ClNO3. The summed E-state index contributed by atoms with van der Waals surface area (Å²) in [6.45, 7) is 1.18. The van der Waals surface area contributed by atoms with E-state index in [0.717, 1.165) is 35.6 Å². The monoisotopic (exact) mass is 311 g/mol. The SMILES string of the molecule is COc1ccc(Cl)c2c1CCCC2N[C@@H]1COCC[C@H]1O. The average Bonchev–Trinajstić information content (AvgIpc) is 2.50. The number of benzene rings is 1. The third-order valence-electron chi connectivity index (χ3n) is 4.48. The van der Waals surface area contributed by atoms with Gasteiger partial charge in [-0.3, -0.25) is 0 Å². The van der Waals surface area contributed by atoms with Crippen LogP contribution in [0.15, 0.2) is 12.1 Å². The van der Waals surface area contributed by atoms with Gasteiger partial charge in [-0.05, 0) is 43.4 Å². The number of hydrogen-bond acceptors (Lipinski definition) is 4. The van der Waals surface area contributed by atoms with Crippen molar-refractivity contribution in [2.45, 2.75) is 43.9 Å². The van der Waals surface area contributed by atoms with E-state index in [4.69, 9.17) is 21.1 Å². The molecule has 2 aliphatic rings. The molecule has 0 aromatic heterocycles. The van der Waals surface area contributed by atoms with Crippen molar-refractivity contribution in [3.8, 4) is 5.75 Å². The maximum Gasteiger partial charge on any atom is 0.122 e. The zero-order valence-corrected chi connectivity index (χ0v) is 13.0. The van der Waals surface area contributed by atoms with Crippen LogP contribution in [0.4, 0.5) is 0 Å². The van der Waals surface area contributed by atoms with Crippen LogP contribution in [0.25, 0.3) is 0 Å². The molecule has 3 rings (SSSR count). The number of nitrogens with one attached hydrogen (secondary N) is 1. The van der Waals surface area contributed by atoms with E-state index in [1.54, 1.807) is 7.11 Å². The summed E-state index contributed by atoms with van der Waals surface area (Å²) in [4.78, 5) is 0. The molecule has 0 amide bonds. The van der Waals surface area contributed by atoms with Crippen LogP contribution in [0.3, 0.4) is 0 Å². The molecule has 1 fully saturated rings. The Balaban J connectivity index is 1.86.